The minimum Gasteiger partial charge on any atom is -0.385 e. The summed E-state index contributed by atoms with van der Waals surface area (Å²) in [6, 6.07) is 0.401. The van der Waals surface area contributed by atoms with E-state index in [-0.39, 0.29) is 30.2 Å². The summed E-state index contributed by atoms with van der Waals surface area (Å²) < 4.78 is 31.3. The number of nitrogens with zero attached hydrogens (tertiary/aromatic N) is 1. The number of rotatable bonds is 5. The van der Waals surface area contributed by atoms with E-state index in [1.807, 2.05) is 0 Å². The van der Waals surface area contributed by atoms with Crippen molar-refractivity contribution < 1.29 is 13.2 Å². The SMILES string of the molecule is COCCCS(=O)(=O)N1C2CCNCC1CC2.Cl. The summed E-state index contributed by atoms with van der Waals surface area (Å²) in [6.45, 7) is 2.26. The Kier molecular flexibility index (Phi) is 6.34. The Hall–Kier alpha value is 0.120. The van der Waals surface area contributed by atoms with Crippen LogP contribution in [0.4, 0.5) is 0 Å². The third-order valence-electron chi connectivity index (χ3n) is 3.66. The molecule has 7 heteroatoms. The molecule has 2 aliphatic rings. The number of hydrogen-bond acceptors (Lipinski definition) is 4. The summed E-state index contributed by atoms with van der Waals surface area (Å²) in [6.07, 6.45) is 3.55. The van der Waals surface area contributed by atoms with Crippen molar-refractivity contribution in [3.63, 3.8) is 0 Å². The number of halogens is 1. The molecule has 2 heterocycles. The van der Waals surface area contributed by atoms with Crippen molar-refractivity contribution in [1.29, 1.82) is 0 Å². The molecule has 2 bridgehead atoms. The van der Waals surface area contributed by atoms with Crippen molar-refractivity contribution in [2.24, 2.45) is 0 Å². The highest BCUT2D eigenvalue weighted by Gasteiger charge is 2.41. The van der Waals surface area contributed by atoms with Crippen LogP contribution in [0, 0.1) is 0 Å². The van der Waals surface area contributed by atoms with E-state index in [1.165, 1.54) is 0 Å². The normalized spacial score (nSPS) is 28.7. The fraction of sp³-hybridized carbons (Fsp3) is 1.00. The molecule has 2 atom stereocenters. The lowest BCUT2D eigenvalue weighted by Gasteiger charge is -2.26. The second kappa shape index (κ2) is 7.05. The molecule has 2 fully saturated rings. The molecule has 2 aliphatic heterocycles. The Bertz CT molecular complexity index is 336. The second-order valence-corrected chi connectivity index (χ2v) is 6.86. The summed E-state index contributed by atoms with van der Waals surface area (Å²) in [7, 11) is -1.50. The van der Waals surface area contributed by atoms with E-state index in [0.29, 0.717) is 13.0 Å². The topological polar surface area (TPSA) is 58.6 Å². The number of ether oxygens (including phenoxy) is 1. The van der Waals surface area contributed by atoms with Crippen LogP contribution in [0.5, 0.6) is 0 Å². The molecule has 2 saturated heterocycles. The van der Waals surface area contributed by atoms with Gasteiger partial charge in [0.15, 0.2) is 0 Å². The zero-order valence-corrected chi connectivity index (χ0v) is 12.4. The lowest BCUT2D eigenvalue weighted by Crippen LogP contribution is -2.43. The lowest BCUT2D eigenvalue weighted by molar-refractivity contribution is 0.199. The summed E-state index contributed by atoms with van der Waals surface area (Å²) >= 11 is 0. The molecule has 0 aliphatic carbocycles. The van der Waals surface area contributed by atoms with Gasteiger partial charge in [-0.3, -0.25) is 0 Å². The first-order valence-corrected chi connectivity index (χ1v) is 7.97. The van der Waals surface area contributed by atoms with Gasteiger partial charge in [0.05, 0.1) is 5.75 Å². The van der Waals surface area contributed by atoms with Crippen LogP contribution in [0.1, 0.15) is 25.7 Å². The van der Waals surface area contributed by atoms with Gasteiger partial charge >= 0.3 is 0 Å². The van der Waals surface area contributed by atoms with E-state index in [4.69, 9.17) is 4.74 Å². The van der Waals surface area contributed by atoms with Crippen LogP contribution in [0.2, 0.25) is 0 Å². The summed E-state index contributed by atoms with van der Waals surface area (Å²) in [5.41, 5.74) is 0. The summed E-state index contributed by atoms with van der Waals surface area (Å²) in [5.74, 6) is 0.216. The van der Waals surface area contributed by atoms with Gasteiger partial charge in [-0.05, 0) is 32.2 Å². The number of nitrogens with one attached hydrogen (secondary N) is 1. The quantitative estimate of drug-likeness (QED) is 0.755. The first kappa shape index (κ1) is 16.2. The van der Waals surface area contributed by atoms with Gasteiger partial charge in [-0.15, -0.1) is 12.4 Å². The van der Waals surface area contributed by atoms with Crippen molar-refractivity contribution in [1.82, 2.24) is 9.62 Å². The minimum absolute atomic E-state index is 0. The van der Waals surface area contributed by atoms with Gasteiger partial charge in [-0.1, -0.05) is 0 Å². The summed E-state index contributed by atoms with van der Waals surface area (Å²) in [5, 5.41) is 3.32. The summed E-state index contributed by atoms with van der Waals surface area (Å²) in [4.78, 5) is 0. The van der Waals surface area contributed by atoms with E-state index in [1.54, 1.807) is 11.4 Å². The molecule has 0 aromatic rings. The van der Waals surface area contributed by atoms with Gasteiger partial charge in [0, 0.05) is 32.3 Å². The highest BCUT2D eigenvalue weighted by atomic mass is 35.5. The van der Waals surface area contributed by atoms with E-state index < -0.39 is 10.0 Å². The highest BCUT2D eigenvalue weighted by molar-refractivity contribution is 7.89. The van der Waals surface area contributed by atoms with Gasteiger partial charge < -0.3 is 10.1 Å². The van der Waals surface area contributed by atoms with Crippen LogP contribution in [0.3, 0.4) is 0 Å². The van der Waals surface area contributed by atoms with Crippen LogP contribution >= 0.6 is 12.4 Å². The molecule has 0 aromatic heterocycles. The largest absolute Gasteiger partial charge is 0.385 e. The fourth-order valence-electron chi connectivity index (χ4n) is 2.88. The van der Waals surface area contributed by atoms with Crippen molar-refractivity contribution in [3.8, 4) is 0 Å². The maximum absolute atomic E-state index is 12.3. The smallest absolute Gasteiger partial charge is 0.214 e. The molecule has 108 valence electrons. The molecule has 2 unspecified atom stereocenters. The monoisotopic (exact) mass is 298 g/mol. The number of sulfonamides is 1. The predicted molar refractivity (Wildman–Crippen MR) is 73.7 cm³/mol. The molecule has 0 aromatic carbocycles. The van der Waals surface area contributed by atoms with E-state index in [0.717, 1.165) is 32.4 Å². The van der Waals surface area contributed by atoms with E-state index >= 15 is 0 Å². The Balaban J connectivity index is 0.00000162. The molecule has 18 heavy (non-hydrogen) atoms. The maximum Gasteiger partial charge on any atom is 0.214 e. The van der Waals surface area contributed by atoms with Crippen molar-refractivity contribution in [3.05, 3.63) is 0 Å². The third-order valence-corrected chi connectivity index (χ3v) is 5.70. The van der Waals surface area contributed by atoms with Crippen LogP contribution < -0.4 is 5.32 Å². The molecule has 2 rings (SSSR count). The van der Waals surface area contributed by atoms with E-state index in [2.05, 4.69) is 5.32 Å². The molecule has 0 spiro atoms. The third kappa shape index (κ3) is 3.57. The second-order valence-electron chi connectivity index (χ2n) is 4.87. The van der Waals surface area contributed by atoms with Crippen molar-refractivity contribution in [2.45, 2.75) is 37.8 Å². The maximum atomic E-state index is 12.3. The van der Waals surface area contributed by atoms with Crippen molar-refractivity contribution >= 4 is 22.4 Å². The fourth-order valence-corrected chi connectivity index (χ4v) is 4.88. The van der Waals surface area contributed by atoms with Crippen LogP contribution in [0.25, 0.3) is 0 Å². The van der Waals surface area contributed by atoms with Gasteiger partial charge in [0.1, 0.15) is 0 Å². The first-order valence-electron chi connectivity index (χ1n) is 6.36. The Morgan fingerprint density at radius 1 is 1.28 bits per heavy atom. The van der Waals surface area contributed by atoms with Gasteiger partial charge in [-0.25, -0.2) is 8.42 Å². The number of fused-ring (bicyclic) bond motifs is 2. The zero-order chi connectivity index (χ0) is 12.3. The number of hydrogen-bond donors (Lipinski definition) is 1. The van der Waals surface area contributed by atoms with Crippen LogP contribution in [0.15, 0.2) is 0 Å². The molecule has 5 nitrogen and oxygen atoms in total. The van der Waals surface area contributed by atoms with Crippen LogP contribution in [-0.4, -0.2) is 57.4 Å². The molecular formula is C11H23ClN2O3S. The predicted octanol–water partition coefficient (Wildman–Crippen LogP) is 0.601. The van der Waals surface area contributed by atoms with Gasteiger partial charge in [-0.2, -0.15) is 4.31 Å². The minimum atomic E-state index is -3.10. The van der Waals surface area contributed by atoms with E-state index in [9.17, 15) is 8.42 Å². The molecular weight excluding hydrogens is 276 g/mol. The molecule has 0 radical (unpaired) electrons. The molecule has 0 saturated carbocycles. The Morgan fingerprint density at radius 3 is 2.72 bits per heavy atom. The lowest BCUT2D eigenvalue weighted by atomic mass is 10.1. The molecule has 0 amide bonds. The van der Waals surface area contributed by atoms with Gasteiger partial charge in [0.25, 0.3) is 0 Å². The first-order chi connectivity index (χ1) is 8.15. The zero-order valence-electron chi connectivity index (χ0n) is 10.8. The molecule has 1 N–H and O–H groups in total. The van der Waals surface area contributed by atoms with Crippen molar-refractivity contribution in [2.75, 3.05) is 32.6 Å². The van der Waals surface area contributed by atoms with Gasteiger partial charge in [0.2, 0.25) is 10.0 Å². The Morgan fingerprint density at radius 2 is 2.00 bits per heavy atom. The number of methoxy groups -OCH3 is 1. The average molecular weight is 299 g/mol. The Labute approximate surface area is 116 Å². The van der Waals surface area contributed by atoms with Crippen LogP contribution in [-0.2, 0) is 14.8 Å². The average Bonchev–Trinajstić information content (AvgIpc) is 2.53. The standard InChI is InChI=1S/C11H22N2O3S.ClH/c1-16-7-2-8-17(14,15)13-10-3-4-11(13)9-12-6-5-10;/h10-12H,2-9H2,1H3;1H. The highest BCUT2D eigenvalue weighted by Crippen LogP contribution is 2.31.